The minimum atomic E-state index is -0.494. The topological polar surface area (TPSA) is 82.2 Å². The number of H-pyrrole nitrogens is 1. The number of aromatic nitrogens is 3. The van der Waals surface area contributed by atoms with E-state index in [9.17, 15) is 9.59 Å². The van der Waals surface area contributed by atoms with Gasteiger partial charge in [-0.1, -0.05) is 37.6 Å². The molecule has 0 spiro atoms. The molecular formula is C26H30ClN5O2. The first-order valence-corrected chi connectivity index (χ1v) is 12.3. The third kappa shape index (κ3) is 4.53. The molecule has 2 atom stereocenters. The zero-order valence-corrected chi connectivity index (χ0v) is 20.4. The van der Waals surface area contributed by atoms with Gasteiger partial charge in [0.05, 0.1) is 0 Å². The van der Waals surface area contributed by atoms with Crippen molar-refractivity contribution in [1.82, 2.24) is 25.2 Å². The van der Waals surface area contributed by atoms with Gasteiger partial charge in [0.15, 0.2) is 0 Å². The van der Waals surface area contributed by atoms with Gasteiger partial charge in [-0.3, -0.25) is 9.59 Å². The molecule has 1 aromatic heterocycles. The molecular weight excluding hydrogens is 450 g/mol. The molecule has 2 saturated heterocycles. The number of likely N-dealkylation sites (tertiary alicyclic amines) is 2. The third-order valence-electron chi connectivity index (χ3n) is 7.37. The van der Waals surface area contributed by atoms with Crippen molar-refractivity contribution in [3.63, 3.8) is 0 Å². The van der Waals surface area contributed by atoms with Crippen LogP contribution in [-0.2, 0) is 11.2 Å². The molecule has 2 unspecified atom stereocenters. The minimum Gasteiger partial charge on any atom is -0.342 e. The number of rotatable bonds is 4. The van der Waals surface area contributed by atoms with Gasteiger partial charge >= 0.3 is 0 Å². The fourth-order valence-electron chi connectivity index (χ4n) is 5.53. The second kappa shape index (κ2) is 9.02. The average molecular weight is 480 g/mol. The quantitative estimate of drug-likeness (QED) is 0.608. The number of hydrogen-bond donors (Lipinski definition) is 1. The summed E-state index contributed by atoms with van der Waals surface area (Å²) in [6.07, 6.45) is 2.51. The van der Waals surface area contributed by atoms with Crippen LogP contribution in [0.1, 0.15) is 42.6 Å². The van der Waals surface area contributed by atoms with Crippen LogP contribution in [0.3, 0.4) is 0 Å². The summed E-state index contributed by atoms with van der Waals surface area (Å²) in [6.45, 7) is 7.02. The fraction of sp³-hybridized carbons (Fsp3) is 0.462. The van der Waals surface area contributed by atoms with Crippen molar-refractivity contribution in [2.75, 3.05) is 26.2 Å². The Labute approximate surface area is 204 Å². The van der Waals surface area contributed by atoms with E-state index in [1.54, 1.807) is 6.07 Å². The molecule has 7 nitrogen and oxygen atoms in total. The number of carbonyl (C=O) groups is 2. The van der Waals surface area contributed by atoms with E-state index in [1.807, 2.05) is 60.0 Å². The number of hydrogen-bond acceptors (Lipinski definition) is 4. The molecule has 34 heavy (non-hydrogen) atoms. The molecule has 3 aromatic rings. The average Bonchev–Trinajstić information content (AvgIpc) is 3.40. The maximum atomic E-state index is 13.4. The number of benzene rings is 2. The summed E-state index contributed by atoms with van der Waals surface area (Å²) < 4.78 is 0. The van der Waals surface area contributed by atoms with Crippen LogP contribution >= 0.6 is 11.6 Å². The molecule has 178 valence electrons. The van der Waals surface area contributed by atoms with Gasteiger partial charge in [-0.05, 0) is 67.0 Å². The molecule has 0 bridgehead atoms. The molecule has 3 heterocycles. The monoisotopic (exact) mass is 479 g/mol. The SMILES string of the molecule is CC(C)(Cc1cccc(Cl)c1)C(=O)N1CCC2CN(C(=O)c3ccc4n[nH]nc4c3)CC2CC1. The summed E-state index contributed by atoms with van der Waals surface area (Å²) >= 11 is 6.14. The van der Waals surface area contributed by atoms with Crippen molar-refractivity contribution in [1.29, 1.82) is 0 Å². The maximum absolute atomic E-state index is 13.4. The summed E-state index contributed by atoms with van der Waals surface area (Å²) in [4.78, 5) is 30.6. The van der Waals surface area contributed by atoms with E-state index in [0.717, 1.165) is 50.1 Å². The number of amides is 2. The van der Waals surface area contributed by atoms with Crippen molar-refractivity contribution in [3.8, 4) is 0 Å². The first-order chi connectivity index (χ1) is 16.3. The largest absolute Gasteiger partial charge is 0.342 e. The van der Waals surface area contributed by atoms with Gasteiger partial charge in [0.1, 0.15) is 11.0 Å². The third-order valence-corrected chi connectivity index (χ3v) is 7.60. The predicted molar refractivity (Wildman–Crippen MR) is 132 cm³/mol. The van der Waals surface area contributed by atoms with Crippen molar-refractivity contribution < 1.29 is 9.59 Å². The number of nitrogens with zero attached hydrogens (tertiary/aromatic N) is 4. The van der Waals surface area contributed by atoms with Gasteiger partial charge in [0.2, 0.25) is 5.91 Å². The summed E-state index contributed by atoms with van der Waals surface area (Å²) in [5.41, 5.74) is 2.69. The zero-order valence-electron chi connectivity index (χ0n) is 19.6. The highest BCUT2D eigenvalue weighted by atomic mass is 35.5. The lowest BCUT2D eigenvalue weighted by molar-refractivity contribution is -0.140. The highest BCUT2D eigenvalue weighted by Crippen LogP contribution is 2.34. The highest BCUT2D eigenvalue weighted by molar-refractivity contribution is 6.30. The Balaban J connectivity index is 1.20. The first-order valence-electron chi connectivity index (χ1n) is 11.9. The van der Waals surface area contributed by atoms with Crippen LogP contribution in [0.15, 0.2) is 42.5 Å². The lowest BCUT2D eigenvalue weighted by Gasteiger charge is -2.32. The lowest BCUT2D eigenvalue weighted by Crippen LogP contribution is -2.43. The van der Waals surface area contributed by atoms with E-state index in [4.69, 9.17) is 11.6 Å². The van der Waals surface area contributed by atoms with Gasteiger partial charge in [0, 0.05) is 42.2 Å². The highest BCUT2D eigenvalue weighted by Gasteiger charge is 2.40. The van der Waals surface area contributed by atoms with Gasteiger partial charge < -0.3 is 9.80 Å². The Hall–Kier alpha value is -2.93. The zero-order chi connectivity index (χ0) is 23.9. The molecule has 2 aromatic carbocycles. The molecule has 8 heteroatoms. The van der Waals surface area contributed by atoms with Crippen LogP contribution in [0, 0.1) is 17.3 Å². The summed E-state index contributed by atoms with van der Waals surface area (Å²) in [5, 5.41) is 11.4. The maximum Gasteiger partial charge on any atom is 0.253 e. The normalized spacial score (nSPS) is 20.9. The smallest absolute Gasteiger partial charge is 0.253 e. The summed E-state index contributed by atoms with van der Waals surface area (Å²) in [7, 11) is 0. The van der Waals surface area contributed by atoms with E-state index in [-0.39, 0.29) is 11.8 Å². The van der Waals surface area contributed by atoms with E-state index in [1.165, 1.54) is 0 Å². The summed E-state index contributed by atoms with van der Waals surface area (Å²) in [6, 6.07) is 13.2. The van der Waals surface area contributed by atoms with Gasteiger partial charge in [-0.25, -0.2) is 0 Å². The Morgan fingerprint density at radius 3 is 2.41 bits per heavy atom. The van der Waals surface area contributed by atoms with Gasteiger partial charge in [0.25, 0.3) is 5.91 Å². The van der Waals surface area contributed by atoms with Crippen LogP contribution in [0.4, 0.5) is 0 Å². The van der Waals surface area contributed by atoms with Crippen LogP contribution in [0.25, 0.3) is 11.0 Å². The van der Waals surface area contributed by atoms with Crippen molar-refractivity contribution in [2.24, 2.45) is 17.3 Å². The van der Waals surface area contributed by atoms with E-state index < -0.39 is 5.41 Å². The number of nitrogens with one attached hydrogen (secondary N) is 1. The van der Waals surface area contributed by atoms with Crippen LogP contribution in [0.5, 0.6) is 0 Å². The van der Waals surface area contributed by atoms with Crippen molar-refractivity contribution in [2.45, 2.75) is 33.1 Å². The van der Waals surface area contributed by atoms with E-state index in [0.29, 0.717) is 34.4 Å². The lowest BCUT2D eigenvalue weighted by atomic mass is 9.84. The van der Waals surface area contributed by atoms with Gasteiger partial charge in [-0.15, -0.1) is 0 Å². The molecule has 0 saturated carbocycles. The Morgan fingerprint density at radius 1 is 1.00 bits per heavy atom. The Kier molecular flexibility index (Phi) is 6.06. The Bertz CT molecular complexity index is 1210. The molecule has 2 fully saturated rings. The number of halogens is 1. The van der Waals surface area contributed by atoms with Crippen LogP contribution in [0.2, 0.25) is 5.02 Å². The van der Waals surface area contributed by atoms with Gasteiger partial charge in [-0.2, -0.15) is 15.4 Å². The molecule has 0 radical (unpaired) electrons. The number of aromatic amines is 1. The molecule has 0 aliphatic carbocycles. The second-order valence-electron chi connectivity index (χ2n) is 10.3. The van der Waals surface area contributed by atoms with E-state index in [2.05, 4.69) is 15.4 Å². The molecule has 5 rings (SSSR count). The van der Waals surface area contributed by atoms with Crippen molar-refractivity contribution >= 4 is 34.4 Å². The molecule has 1 N–H and O–H groups in total. The van der Waals surface area contributed by atoms with Crippen LogP contribution in [-0.4, -0.2) is 63.2 Å². The standard InChI is InChI=1S/C26H30ClN5O2/c1-26(2,14-17-4-3-5-21(27)12-17)25(34)31-10-8-19-15-32(16-20(19)9-11-31)24(33)18-6-7-22-23(13-18)29-30-28-22/h3-7,12-13,19-20H,8-11,14-16H2,1-2H3,(H,28,29,30). The van der Waals surface area contributed by atoms with Crippen molar-refractivity contribution in [3.05, 3.63) is 58.6 Å². The molecule has 2 aliphatic rings. The predicted octanol–water partition coefficient (Wildman–Crippen LogP) is 4.19. The molecule has 2 amide bonds. The van der Waals surface area contributed by atoms with Crippen LogP contribution < -0.4 is 0 Å². The Morgan fingerprint density at radius 2 is 1.71 bits per heavy atom. The second-order valence-corrected chi connectivity index (χ2v) is 10.8. The molecule has 2 aliphatic heterocycles. The number of carbonyl (C=O) groups excluding carboxylic acids is 2. The van der Waals surface area contributed by atoms with E-state index >= 15 is 0 Å². The summed E-state index contributed by atoms with van der Waals surface area (Å²) in [5.74, 6) is 1.09. The fourth-order valence-corrected chi connectivity index (χ4v) is 5.75. The number of fused-ring (bicyclic) bond motifs is 2. The minimum absolute atomic E-state index is 0.0496. The first kappa shape index (κ1) is 22.8.